The van der Waals surface area contributed by atoms with Gasteiger partial charge in [0.15, 0.2) is 6.73 Å². The molecule has 0 N–H and O–H groups in total. The van der Waals surface area contributed by atoms with E-state index in [1.54, 1.807) is 0 Å². The molecule has 1 aromatic rings. The van der Waals surface area contributed by atoms with Gasteiger partial charge in [0.05, 0.1) is 0 Å². The molecule has 0 aromatic heterocycles. The molecule has 1 atom stereocenters. The van der Waals surface area contributed by atoms with E-state index in [1.165, 1.54) is 0 Å². The molecular formula is C12H16N2O. The maximum atomic E-state index is 5.55. The lowest BCUT2D eigenvalue weighted by Gasteiger charge is -2.17. The Kier molecular flexibility index (Phi) is 2.90. The Bertz CT molecular complexity index is 348. The normalized spacial score (nSPS) is 17.2. The molecule has 0 saturated heterocycles. The zero-order chi connectivity index (χ0) is 10.7. The van der Waals surface area contributed by atoms with Crippen molar-refractivity contribution in [3.8, 4) is 0 Å². The van der Waals surface area contributed by atoms with Crippen molar-refractivity contribution in [3.63, 3.8) is 0 Å². The van der Waals surface area contributed by atoms with E-state index in [9.17, 15) is 0 Å². The summed E-state index contributed by atoms with van der Waals surface area (Å²) in [6.45, 7) is 4.88. The van der Waals surface area contributed by atoms with Crippen molar-refractivity contribution in [2.45, 2.75) is 26.3 Å². The molecule has 3 heteroatoms. The molecule has 1 heterocycles. The Hall–Kier alpha value is -1.51. The highest BCUT2D eigenvalue weighted by Gasteiger charge is 2.20. The third-order valence-corrected chi connectivity index (χ3v) is 2.67. The lowest BCUT2D eigenvalue weighted by Crippen LogP contribution is -2.25. The first-order chi connectivity index (χ1) is 7.31. The van der Waals surface area contributed by atoms with E-state index < -0.39 is 0 Å². The van der Waals surface area contributed by atoms with Crippen LogP contribution in [0.5, 0.6) is 0 Å². The SMILES string of the molecule is CCC(C)N1COC(c2ccccc2)=N1. The highest BCUT2D eigenvalue weighted by Crippen LogP contribution is 2.14. The summed E-state index contributed by atoms with van der Waals surface area (Å²) in [5, 5.41) is 6.45. The van der Waals surface area contributed by atoms with Crippen molar-refractivity contribution in [2.24, 2.45) is 5.10 Å². The molecular weight excluding hydrogens is 188 g/mol. The fraction of sp³-hybridized carbons (Fsp3) is 0.417. The van der Waals surface area contributed by atoms with Crippen LogP contribution in [0.3, 0.4) is 0 Å². The quantitative estimate of drug-likeness (QED) is 0.755. The average molecular weight is 204 g/mol. The van der Waals surface area contributed by atoms with Crippen LogP contribution in [0.25, 0.3) is 0 Å². The van der Waals surface area contributed by atoms with E-state index in [0.717, 1.165) is 17.9 Å². The molecule has 1 aliphatic heterocycles. The summed E-state index contributed by atoms with van der Waals surface area (Å²) >= 11 is 0. The van der Waals surface area contributed by atoms with Gasteiger partial charge in [0, 0.05) is 11.6 Å². The molecule has 1 aromatic carbocycles. The summed E-state index contributed by atoms with van der Waals surface area (Å²) in [5.74, 6) is 0.732. The zero-order valence-electron chi connectivity index (χ0n) is 9.18. The summed E-state index contributed by atoms with van der Waals surface area (Å²) < 4.78 is 5.55. The van der Waals surface area contributed by atoms with Gasteiger partial charge >= 0.3 is 0 Å². The maximum absolute atomic E-state index is 5.55. The summed E-state index contributed by atoms with van der Waals surface area (Å²) in [5.41, 5.74) is 1.04. The van der Waals surface area contributed by atoms with Crippen molar-refractivity contribution in [3.05, 3.63) is 35.9 Å². The van der Waals surface area contributed by atoms with Crippen LogP contribution < -0.4 is 0 Å². The second-order valence-corrected chi connectivity index (χ2v) is 3.74. The van der Waals surface area contributed by atoms with Gasteiger partial charge in [-0.15, -0.1) is 5.10 Å². The first-order valence-electron chi connectivity index (χ1n) is 5.34. The topological polar surface area (TPSA) is 24.8 Å². The Morgan fingerprint density at radius 2 is 2.13 bits per heavy atom. The molecule has 1 aliphatic rings. The highest BCUT2D eigenvalue weighted by molar-refractivity contribution is 5.94. The molecule has 0 aliphatic carbocycles. The van der Waals surface area contributed by atoms with Crippen LogP contribution >= 0.6 is 0 Å². The number of rotatable bonds is 3. The van der Waals surface area contributed by atoms with Crippen molar-refractivity contribution in [1.82, 2.24) is 5.01 Å². The molecule has 15 heavy (non-hydrogen) atoms. The second kappa shape index (κ2) is 4.34. The first-order valence-corrected chi connectivity index (χ1v) is 5.34. The van der Waals surface area contributed by atoms with Gasteiger partial charge in [0.2, 0.25) is 5.90 Å². The summed E-state index contributed by atoms with van der Waals surface area (Å²) in [6.07, 6.45) is 1.08. The predicted octanol–water partition coefficient (Wildman–Crippen LogP) is 2.44. The van der Waals surface area contributed by atoms with Gasteiger partial charge < -0.3 is 4.74 Å². The lowest BCUT2D eigenvalue weighted by molar-refractivity contribution is 0.128. The number of hydrogen-bond acceptors (Lipinski definition) is 3. The molecule has 0 saturated carbocycles. The van der Waals surface area contributed by atoms with Crippen LogP contribution in [0.1, 0.15) is 25.8 Å². The largest absolute Gasteiger partial charge is 0.453 e. The smallest absolute Gasteiger partial charge is 0.240 e. The number of nitrogens with zero attached hydrogens (tertiary/aromatic N) is 2. The van der Waals surface area contributed by atoms with E-state index in [0.29, 0.717) is 12.8 Å². The minimum Gasteiger partial charge on any atom is -0.453 e. The Morgan fingerprint density at radius 3 is 2.80 bits per heavy atom. The van der Waals surface area contributed by atoms with Gasteiger partial charge in [0.25, 0.3) is 0 Å². The number of hydrazone groups is 1. The third-order valence-electron chi connectivity index (χ3n) is 2.67. The Morgan fingerprint density at radius 1 is 1.40 bits per heavy atom. The lowest BCUT2D eigenvalue weighted by atomic mass is 10.2. The third kappa shape index (κ3) is 2.12. The van der Waals surface area contributed by atoms with Crippen molar-refractivity contribution < 1.29 is 4.74 Å². The van der Waals surface area contributed by atoms with Gasteiger partial charge in [-0.2, -0.15) is 0 Å². The van der Waals surface area contributed by atoms with Crippen LogP contribution in [0.4, 0.5) is 0 Å². The number of benzene rings is 1. The summed E-state index contributed by atoms with van der Waals surface area (Å²) in [4.78, 5) is 0. The molecule has 0 spiro atoms. The second-order valence-electron chi connectivity index (χ2n) is 3.74. The molecule has 1 unspecified atom stereocenters. The predicted molar refractivity (Wildman–Crippen MR) is 60.5 cm³/mol. The average Bonchev–Trinajstić information content (AvgIpc) is 2.78. The van der Waals surface area contributed by atoms with Gasteiger partial charge in [-0.3, -0.25) is 5.01 Å². The molecule has 0 radical (unpaired) electrons. The number of hydrogen-bond donors (Lipinski definition) is 0. The van der Waals surface area contributed by atoms with Gasteiger partial charge in [-0.05, 0) is 25.5 Å². The van der Waals surface area contributed by atoms with Gasteiger partial charge in [0.1, 0.15) is 0 Å². The van der Waals surface area contributed by atoms with E-state index in [2.05, 4.69) is 18.9 Å². The Labute approximate surface area is 90.4 Å². The monoisotopic (exact) mass is 204 g/mol. The standard InChI is InChI=1S/C12H16N2O/c1-3-10(2)14-9-15-12(13-14)11-7-5-4-6-8-11/h4-8,10H,3,9H2,1-2H3. The van der Waals surface area contributed by atoms with Crippen molar-refractivity contribution in [1.29, 1.82) is 0 Å². The van der Waals surface area contributed by atoms with Crippen LogP contribution in [-0.4, -0.2) is 23.7 Å². The van der Waals surface area contributed by atoms with Crippen molar-refractivity contribution >= 4 is 5.90 Å². The molecule has 0 amide bonds. The van der Waals surface area contributed by atoms with Crippen LogP contribution in [-0.2, 0) is 4.74 Å². The fourth-order valence-electron chi connectivity index (χ4n) is 1.46. The van der Waals surface area contributed by atoms with E-state index in [-0.39, 0.29) is 0 Å². The number of ether oxygens (including phenoxy) is 1. The molecule has 0 bridgehead atoms. The van der Waals surface area contributed by atoms with Crippen molar-refractivity contribution in [2.75, 3.05) is 6.73 Å². The molecule has 2 rings (SSSR count). The first kappa shape index (κ1) is 10.0. The van der Waals surface area contributed by atoms with E-state index in [1.807, 2.05) is 35.3 Å². The summed E-state index contributed by atoms with van der Waals surface area (Å²) in [6, 6.07) is 10.4. The molecule has 3 nitrogen and oxygen atoms in total. The van der Waals surface area contributed by atoms with E-state index in [4.69, 9.17) is 4.74 Å². The minimum absolute atomic E-state index is 0.436. The Balaban J connectivity index is 2.13. The maximum Gasteiger partial charge on any atom is 0.240 e. The van der Waals surface area contributed by atoms with E-state index >= 15 is 0 Å². The fourth-order valence-corrected chi connectivity index (χ4v) is 1.46. The van der Waals surface area contributed by atoms with Gasteiger partial charge in [-0.1, -0.05) is 25.1 Å². The zero-order valence-corrected chi connectivity index (χ0v) is 9.18. The summed E-state index contributed by atoms with van der Waals surface area (Å²) in [7, 11) is 0. The van der Waals surface area contributed by atoms with Gasteiger partial charge in [-0.25, -0.2) is 0 Å². The molecule has 80 valence electrons. The van der Waals surface area contributed by atoms with Crippen LogP contribution in [0, 0.1) is 0 Å². The minimum atomic E-state index is 0.436. The molecule has 0 fully saturated rings. The van der Waals surface area contributed by atoms with Crippen LogP contribution in [0.15, 0.2) is 35.4 Å². The van der Waals surface area contributed by atoms with Crippen LogP contribution in [0.2, 0.25) is 0 Å². The highest BCUT2D eigenvalue weighted by atomic mass is 16.5.